The van der Waals surface area contributed by atoms with E-state index in [2.05, 4.69) is 43.3 Å². The fraction of sp³-hybridized carbons (Fsp3) is 0.422. The zero-order valence-electron chi connectivity index (χ0n) is 34.9. The lowest BCUT2D eigenvalue weighted by molar-refractivity contribution is -0.133. The van der Waals surface area contributed by atoms with E-state index in [0.717, 1.165) is 53.0 Å². The molecule has 328 valence electrons. The van der Waals surface area contributed by atoms with Crippen LogP contribution in [0.2, 0.25) is 0 Å². The normalized spacial score (nSPS) is 21.7. The number of hydrogen-bond donors (Lipinski definition) is 4. The molecule has 5 aliphatic rings. The van der Waals surface area contributed by atoms with Gasteiger partial charge in [0.05, 0.1) is 35.9 Å². The third kappa shape index (κ3) is 8.12. The zero-order chi connectivity index (χ0) is 43.4. The molecule has 7 heterocycles. The van der Waals surface area contributed by atoms with Crippen LogP contribution in [0.4, 0.5) is 41.7 Å². The van der Waals surface area contributed by atoms with Crippen molar-refractivity contribution in [3.05, 3.63) is 89.6 Å². The highest BCUT2D eigenvalue weighted by molar-refractivity contribution is 6.01. The highest BCUT2D eigenvalue weighted by Gasteiger charge is 2.48. The molecular formula is C45H49F3N12O3. The van der Waals surface area contributed by atoms with Crippen LogP contribution in [0.1, 0.15) is 53.7 Å². The van der Waals surface area contributed by atoms with E-state index < -0.39 is 29.7 Å². The first-order valence-corrected chi connectivity index (χ1v) is 21.7. The van der Waals surface area contributed by atoms with Gasteiger partial charge in [0.2, 0.25) is 11.8 Å². The molecule has 0 radical (unpaired) electrons. The standard InChI is InChI=1S/C45H49F3N12O3/c1-49-35-22-40(55-60-38(24-51-42(35)60)44(63)53-28-6-7-28)59-16-13-31-30(3-2-4-36(31)59)33-9-5-27(23-50-33)25-56-15-14-39(45(47,48)26-56)58-19-17-57(18-20-58)37-11-8-29(21-32(37)46)52-34-10-12-41(61)54-43(34)62/h2-5,8-9,11,21-24,28,34,39,49,52H,6-7,10,12-20,25-26H2,1H3,(H,53,63)(H,54,61,62). The van der Waals surface area contributed by atoms with Gasteiger partial charge in [0.15, 0.2) is 17.2 Å². The second-order valence-electron chi connectivity index (χ2n) is 17.2. The summed E-state index contributed by atoms with van der Waals surface area (Å²) in [7, 11) is 1.82. The maximum absolute atomic E-state index is 15.9. The number of nitrogens with one attached hydrogen (secondary N) is 4. The average Bonchev–Trinajstić information content (AvgIpc) is 3.80. The number of carbonyl (C=O) groups excluding carboxylic acids is 3. The summed E-state index contributed by atoms with van der Waals surface area (Å²) in [6, 6.07) is 15.3. The maximum atomic E-state index is 15.9. The van der Waals surface area contributed by atoms with Crippen LogP contribution in [-0.2, 0) is 22.6 Å². The number of imide groups is 1. The molecule has 3 aromatic heterocycles. The van der Waals surface area contributed by atoms with Crippen molar-refractivity contribution in [1.29, 1.82) is 0 Å². The molecule has 1 aliphatic carbocycles. The molecule has 0 bridgehead atoms. The first kappa shape index (κ1) is 40.8. The number of piperazine rings is 1. The molecule has 4 aliphatic heterocycles. The summed E-state index contributed by atoms with van der Waals surface area (Å²) in [5.74, 6) is -3.66. The van der Waals surface area contributed by atoms with E-state index in [1.165, 1.54) is 6.07 Å². The molecule has 2 aromatic carbocycles. The first-order chi connectivity index (χ1) is 30.5. The quantitative estimate of drug-likeness (QED) is 0.135. The predicted octanol–water partition coefficient (Wildman–Crippen LogP) is 4.81. The van der Waals surface area contributed by atoms with Gasteiger partial charge in [-0.25, -0.2) is 22.7 Å². The minimum absolute atomic E-state index is 0.191. The molecule has 2 unspecified atom stereocenters. The van der Waals surface area contributed by atoms with Gasteiger partial charge < -0.3 is 25.8 Å². The second kappa shape index (κ2) is 16.5. The number of piperidine rings is 2. The number of fused-ring (bicyclic) bond motifs is 2. The monoisotopic (exact) mass is 862 g/mol. The highest BCUT2D eigenvalue weighted by Crippen LogP contribution is 2.40. The Morgan fingerprint density at radius 2 is 1.75 bits per heavy atom. The molecule has 63 heavy (non-hydrogen) atoms. The Kier molecular flexibility index (Phi) is 10.6. The number of halogens is 3. The van der Waals surface area contributed by atoms with Crippen LogP contribution in [-0.4, -0.2) is 124 Å². The van der Waals surface area contributed by atoms with Gasteiger partial charge in [-0.3, -0.25) is 34.5 Å². The number of alkyl halides is 2. The molecule has 0 spiro atoms. The van der Waals surface area contributed by atoms with Crippen molar-refractivity contribution in [2.75, 3.05) is 73.3 Å². The summed E-state index contributed by atoms with van der Waals surface area (Å²) in [5.41, 5.74) is 7.33. The van der Waals surface area contributed by atoms with E-state index in [1.807, 2.05) is 41.1 Å². The number of carbonyl (C=O) groups is 3. The molecule has 10 rings (SSSR count). The van der Waals surface area contributed by atoms with Crippen LogP contribution in [0, 0.1) is 5.82 Å². The van der Waals surface area contributed by atoms with Crippen LogP contribution < -0.4 is 31.1 Å². The lowest BCUT2D eigenvalue weighted by Crippen LogP contribution is -2.61. The highest BCUT2D eigenvalue weighted by atomic mass is 19.3. The zero-order valence-corrected chi connectivity index (χ0v) is 34.9. The Bertz CT molecular complexity index is 2580. The van der Waals surface area contributed by atoms with Crippen molar-refractivity contribution in [3.8, 4) is 11.3 Å². The number of nitrogens with zero attached hydrogens (tertiary/aromatic N) is 8. The number of likely N-dealkylation sites (tertiary alicyclic amines) is 1. The SMILES string of the molecule is CNc1cc(N2CCc3c(-c4ccc(CN5CCC(N6CCN(c7ccc(NC8CCC(=O)NC8=O)cc7F)CC6)C(F)(F)C5)cn4)cccc32)nn2c(C(=O)NC3CC3)cnc12. The number of hydrogen-bond acceptors (Lipinski definition) is 12. The van der Waals surface area contributed by atoms with E-state index in [1.54, 1.807) is 33.9 Å². The fourth-order valence-corrected chi connectivity index (χ4v) is 9.50. The number of benzene rings is 2. The third-order valence-electron chi connectivity index (χ3n) is 12.9. The van der Waals surface area contributed by atoms with Crippen molar-refractivity contribution in [2.24, 2.45) is 0 Å². The second-order valence-corrected chi connectivity index (χ2v) is 17.2. The van der Waals surface area contributed by atoms with E-state index in [-0.39, 0.29) is 30.8 Å². The van der Waals surface area contributed by atoms with Crippen molar-refractivity contribution in [3.63, 3.8) is 0 Å². The van der Waals surface area contributed by atoms with Gasteiger partial charge in [0.1, 0.15) is 11.9 Å². The molecule has 2 atom stereocenters. The summed E-state index contributed by atoms with van der Waals surface area (Å²) in [4.78, 5) is 53.6. The number of imidazole rings is 1. The molecule has 5 aromatic rings. The van der Waals surface area contributed by atoms with E-state index in [9.17, 15) is 14.4 Å². The van der Waals surface area contributed by atoms with Crippen LogP contribution in [0.25, 0.3) is 16.9 Å². The summed E-state index contributed by atoms with van der Waals surface area (Å²) >= 11 is 0. The number of pyridine rings is 1. The summed E-state index contributed by atoms with van der Waals surface area (Å²) in [5, 5.41) is 16.4. The molecule has 3 amide bonds. The summed E-state index contributed by atoms with van der Waals surface area (Å²) in [6.45, 7) is 2.78. The van der Waals surface area contributed by atoms with E-state index in [4.69, 9.17) is 10.1 Å². The van der Waals surface area contributed by atoms with Crippen molar-refractivity contribution >= 4 is 51.9 Å². The lowest BCUT2D eigenvalue weighted by atomic mass is 9.97. The van der Waals surface area contributed by atoms with Crippen LogP contribution in [0.5, 0.6) is 0 Å². The molecule has 18 heteroatoms. The first-order valence-electron chi connectivity index (χ1n) is 21.7. The van der Waals surface area contributed by atoms with Crippen LogP contribution in [0.3, 0.4) is 0 Å². The Balaban J connectivity index is 0.755. The lowest BCUT2D eigenvalue weighted by Gasteiger charge is -2.46. The molecule has 4 fully saturated rings. The molecule has 4 N–H and O–H groups in total. The minimum Gasteiger partial charge on any atom is -0.385 e. The van der Waals surface area contributed by atoms with Gasteiger partial charge in [0, 0.05) is 94.5 Å². The summed E-state index contributed by atoms with van der Waals surface area (Å²) < 4.78 is 48.7. The third-order valence-corrected chi connectivity index (χ3v) is 12.9. The molecule has 3 saturated heterocycles. The van der Waals surface area contributed by atoms with Gasteiger partial charge in [-0.05, 0) is 73.6 Å². The topological polar surface area (TPSA) is 155 Å². The van der Waals surface area contributed by atoms with E-state index >= 15 is 13.2 Å². The van der Waals surface area contributed by atoms with Gasteiger partial charge in [0.25, 0.3) is 11.8 Å². The van der Waals surface area contributed by atoms with Crippen LogP contribution in [0.15, 0.2) is 67.0 Å². The Morgan fingerprint density at radius 3 is 2.48 bits per heavy atom. The number of anilines is 5. The van der Waals surface area contributed by atoms with Gasteiger partial charge in [-0.1, -0.05) is 18.2 Å². The molecule has 1 saturated carbocycles. The fourth-order valence-electron chi connectivity index (χ4n) is 9.50. The minimum atomic E-state index is -2.94. The number of amides is 3. The number of rotatable bonds is 11. The van der Waals surface area contributed by atoms with Gasteiger partial charge in [-0.15, -0.1) is 5.10 Å². The summed E-state index contributed by atoms with van der Waals surface area (Å²) in [6.07, 6.45) is 6.93. The van der Waals surface area contributed by atoms with Crippen molar-refractivity contribution in [1.82, 2.24) is 40.0 Å². The molecule has 15 nitrogen and oxygen atoms in total. The van der Waals surface area contributed by atoms with E-state index in [0.29, 0.717) is 87.2 Å². The Hall–Kier alpha value is -6.27. The van der Waals surface area contributed by atoms with Crippen molar-refractivity contribution < 1.29 is 27.6 Å². The largest absolute Gasteiger partial charge is 0.385 e. The van der Waals surface area contributed by atoms with Gasteiger partial charge in [-0.2, -0.15) is 0 Å². The number of aromatic nitrogens is 4. The average molecular weight is 863 g/mol. The van der Waals surface area contributed by atoms with Crippen molar-refractivity contribution in [2.45, 2.75) is 69.1 Å². The predicted molar refractivity (Wildman–Crippen MR) is 232 cm³/mol. The Morgan fingerprint density at radius 1 is 0.905 bits per heavy atom. The molecular weight excluding hydrogens is 814 g/mol. The maximum Gasteiger partial charge on any atom is 0.275 e. The Labute approximate surface area is 362 Å². The smallest absolute Gasteiger partial charge is 0.275 e. The van der Waals surface area contributed by atoms with Crippen LogP contribution >= 0.6 is 0 Å². The van der Waals surface area contributed by atoms with Gasteiger partial charge >= 0.3 is 0 Å².